The Hall–Kier alpha value is -2.86. The summed E-state index contributed by atoms with van der Waals surface area (Å²) < 4.78 is 11.5. The Morgan fingerprint density at radius 3 is 2.23 bits per heavy atom. The van der Waals surface area contributed by atoms with Gasteiger partial charge in [0.15, 0.2) is 17.9 Å². The normalized spacial score (nSPS) is 30.9. The van der Waals surface area contributed by atoms with E-state index in [1.54, 1.807) is 12.1 Å². The molecule has 0 spiro atoms. The van der Waals surface area contributed by atoms with Crippen molar-refractivity contribution in [3.63, 3.8) is 0 Å². The third-order valence-electron chi connectivity index (χ3n) is 7.33. The standard InChI is InChI=1S/C25H27NO9/c1-10(27)25(26)7-13-18(16(8-25)35-17-6-14(28)15(29)9-34-17)24(33)20-19(23(13)32)21(30)11-4-2-3-5-12(11)22(20)31/h2-5,10,14-17,27-29,32-33H,6-9,26H2,1H3/t10-,14-,15+,16-,17-,25+/m0/s1. The fourth-order valence-electron chi connectivity index (χ4n) is 5.21. The summed E-state index contributed by atoms with van der Waals surface area (Å²) in [5.74, 6) is -2.22. The maximum absolute atomic E-state index is 13.3. The quantitative estimate of drug-likeness (QED) is 0.285. The van der Waals surface area contributed by atoms with Crippen LogP contribution < -0.4 is 5.73 Å². The van der Waals surface area contributed by atoms with Gasteiger partial charge in [-0.2, -0.15) is 0 Å². The van der Waals surface area contributed by atoms with Crippen molar-refractivity contribution in [3.8, 4) is 11.5 Å². The van der Waals surface area contributed by atoms with Crippen molar-refractivity contribution in [2.24, 2.45) is 5.73 Å². The lowest BCUT2D eigenvalue weighted by Gasteiger charge is -2.43. The third kappa shape index (κ3) is 3.65. The molecule has 0 unspecified atom stereocenters. The molecule has 186 valence electrons. The number of hydrogen-bond donors (Lipinski definition) is 6. The average Bonchev–Trinajstić information content (AvgIpc) is 2.82. The van der Waals surface area contributed by atoms with Crippen LogP contribution >= 0.6 is 0 Å². The molecule has 1 aliphatic heterocycles. The molecular formula is C25H27NO9. The number of aliphatic hydroxyl groups excluding tert-OH is 3. The van der Waals surface area contributed by atoms with E-state index in [-0.39, 0.29) is 59.3 Å². The van der Waals surface area contributed by atoms with Crippen LogP contribution in [0.2, 0.25) is 0 Å². The SMILES string of the molecule is C[C@H](O)[C@@]1(N)Cc2c(O)c3c(c(O)c2[C@@H](O[C@H]2C[C@H](O)[C@H](O)CO2)C1)C(=O)c1ccccc1C3=O. The first kappa shape index (κ1) is 23.9. The number of aliphatic hydroxyl groups is 3. The minimum atomic E-state index is -1.30. The summed E-state index contributed by atoms with van der Waals surface area (Å²) in [4.78, 5) is 26.6. The lowest BCUT2D eigenvalue weighted by atomic mass is 9.70. The first-order chi connectivity index (χ1) is 16.5. The lowest BCUT2D eigenvalue weighted by molar-refractivity contribution is -0.239. The van der Waals surface area contributed by atoms with Crippen LogP contribution in [0, 0.1) is 0 Å². The number of carbonyl (C=O) groups is 2. The number of ketones is 2. The van der Waals surface area contributed by atoms with E-state index in [2.05, 4.69) is 0 Å². The van der Waals surface area contributed by atoms with Crippen LogP contribution in [0.4, 0.5) is 0 Å². The van der Waals surface area contributed by atoms with Crippen molar-refractivity contribution >= 4 is 11.6 Å². The molecule has 0 bridgehead atoms. The van der Waals surface area contributed by atoms with E-state index in [1.165, 1.54) is 19.1 Å². The van der Waals surface area contributed by atoms with Crippen LogP contribution in [-0.4, -0.2) is 73.8 Å². The fraction of sp³-hybridized carbons (Fsp3) is 0.440. The van der Waals surface area contributed by atoms with Crippen LogP contribution in [0.3, 0.4) is 0 Å². The summed E-state index contributed by atoms with van der Waals surface area (Å²) in [6.45, 7) is 1.31. The Morgan fingerprint density at radius 1 is 1.06 bits per heavy atom. The molecule has 2 aliphatic carbocycles. The van der Waals surface area contributed by atoms with E-state index >= 15 is 0 Å². The third-order valence-corrected chi connectivity index (χ3v) is 7.33. The molecule has 1 fully saturated rings. The molecule has 0 saturated carbocycles. The molecule has 2 aromatic rings. The van der Waals surface area contributed by atoms with Gasteiger partial charge in [-0.25, -0.2) is 0 Å². The Morgan fingerprint density at radius 2 is 1.66 bits per heavy atom. The van der Waals surface area contributed by atoms with E-state index in [9.17, 15) is 35.1 Å². The Balaban J connectivity index is 1.66. The zero-order valence-electron chi connectivity index (χ0n) is 19.0. The number of phenolic OH excluding ortho intramolecular Hbond substituents is 2. The zero-order chi connectivity index (χ0) is 25.2. The molecule has 7 N–H and O–H groups in total. The summed E-state index contributed by atoms with van der Waals surface area (Å²) in [5, 5.41) is 52.8. The van der Waals surface area contributed by atoms with Gasteiger partial charge < -0.3 is 40.7 Å². The van der Waals surface area contributed by atoms with E-state index in [1.807, 2.05) is 0 Å². The zero-order valence-corrected chi connectivity index (χ0v) is 19.0. The van der Waals surface area contributed by atoms with E-state index in [4.69, 9.17) is 15.2 Å². The van der Waals surface area contributed by atoms with Gasteiger partial charge in [0.1, 0.15) is 17.6 Å². The van der Waals surface area contributed by atoms with E-state index in [0.29, 0.717) is 0 Å². The van der Waals surface area contributed by atoms with Crippen molar-refractivity contribution in [1.29, 1.82) is 0 Å². The largest absolute Gasteiger partial charge is 0.507 e. The van der Waals surface area contributed by atoms with Gasteiger partial charge in [0.25, 0.3) is 0 Å². The number of carbonyl (C=O) groups excluding carboxylic acids is 2. The molecule has 10 heteroatoms. The molecule has 1 saturated heterocycles. The maximum atomic E-state index is 13.3. The molecule has 6 atom stereocenters. The first-order valence-corrected chi connectivity index (χ1v) is 11.4. The number of hydrogen-bond acceptors (Lipinski definition) is 10. The van der Waals surface area contributed by atoms with Gasteiger partial charge in [-0.15, -0.1) is 0 Å². The first-order valence-electron chi connectivity index (χ1n) is 11.4. The van der Waals surface area contributed by atoms with Crippen LogP contribution in [0.25, 0.3) is 0 Å². The number of fused-ring (bicyclic) bond motifs is 3. The smallest absolute Gasteiger partial charge is 0.198 e. The van der Waals surface area contributed by atoms with Crippen molar-refractivity contribution in [3.05, 3.63) is 57.6 Å². The van der Waals surface area contributed by atoms with Crippen LogP contribution in [0.15, 0.2) is 24.3 Å². The van der Waals surface area contributed by atoms with Crippen molar-refractivity contribution in [1.82, 2.24) is 0 Å². The highest BCUT2D eigenvalue weighted by Gasteiger charge is 2.47. The maximum Gasteiger partial charge on any atom is 0.198 e. The van der Waals surface area contributed by atoms with E-state index < -0.39 is 59.3 Å². The van der Waals surface area contributed by atoms with Crippen molar-refractivity contribution < 1.29 is 44.6 Å². The number of rotatable bonds is 3. The molecule has 0 radical (unpaired) electrons. The molecule has 0 aromatic heterocycles. The van der Waals surface area contributed by atoms with E-state index in [0.717, 1.165) is 0 Å². The molecule has 3 aliphatic rings. The fourth-order valence-corrected chi connectivity index (χ4v) is 5.21. The minimum absolute atomic E-state index is 0.0132. The second-order valence-electron chi connectivity index (χ2n) is 9.59. The van der Waals surface area contributed by atoms with Crippen molar-refractivity contribution in [2.45, 2.75) is 62.4 Å². The van der Waals surface area contributed by atoms with Crippen LogP contribution in [-0.2, 0) is 15.9 Å². The van der Waals surface area contributed by atoms with Gasteiger partial charge in [-0.1, -0.05) is 24.3 Å². The van der Waals surface area contributed by atoms with Gasteiger partial charge in [0, 0.05) is 34.2 Å². The summed E-state index contributed by atoms with van der Waals surface area (Å²) in [6, 6.07) is 6.15. The topological polar surface area (TPSA) is 180 Å². The monoisotopic (exact) mass is 485 g/mol. The summed E-state index contributed by atoms with van der Waals surface area (Å²) in [5.41, 5.74) is 4.95. The summed E-state index contributed by atoms with van der Waals surface area (Å²) >= 11 is 0. The summed E-state index contributed by atoms with van der Waals surface area (Å²) in [7, 11) is 0. The average molecular weight is 485 g/mol. The Labute approximate surface area is 200 Å². The molecule has 35 heavy (non-hydrogen) atoms. The molecule has 1 heterocycles. The molecule has 10 nitrogen and oxygen atoms in total. The van der Waals surface area contributed by atoms with Crippen LogP contribution in [0.1, 0.15) is 68.8 Å². The molecule has 2 aromatic carbocycles. The molecule has 0 amide bonds. The number of ether oxygens (including phenoxy) is 2. The lowest BCUT2D eigenvalue weighted by Crippen LogP contribution is -2.55. The van der Waals surface area contributed by atoms with Gasteiger partial charge in [-0.05, 0) is 19.8 Å². The van der Waals surface area contributed by atoms with Crippen molar-refractivity contribution in [2.75, 3.05) is 6.61 Å². The molecular weight excluding hydrogens is 458 g/mol. The highest BCUT2D eigenvalue weighted by atomic mass is 16.7. The number of benzene rings is 2. The predicted molar refractivity (Wildman–Crippen MR) is 120 cm³/mol. The van der Waals surface area contributed by atoms with Gasteiger partial charge in [-0.3, -0.25) is 9.59 Å². The number of phenols is 2. The second-order valence-corrected chi connectivity index (χ2v) is 9.59. The highest BCUT2D eigenvalue weighted by Crippen LogP contribution is 2.51. The highest BCUT2D eigenvalue weighted by molar-refractivity contribution is 6.30. The Bertz CT molecular complexity index is 1230. The predicted octanol–water partition coefficient (Wildman–Crippen LogP) is 0.424. The second kappa shape index (κ2) is 8.37. The van der Waals surface area contributed by atoms with Crippen LogP contribution in [0.5, 0.6) is 11.5 Å². The number of aromatic hydroxyl groups is 2. The van der Waals surface area contributed by atoms with Gasteiger partial charge in [0.05, 0.1) is 36.0 Å². The number of nitrogens with two attached hydrogens (primary N) is 1. The molecule has 5 rings (SSSR count). The minimum Gasteiger partial charge on any atom is -0.507 e. The summed E-state index contributed by atoms with van der Waals surface area (Å²) in [6.07, 6.45) is -5.45. The van der Waals surface area contributed by atoms with Gasteiger partial charge in [0.2, 0.25) is 0 Å². The van der Waals surface area contributed by atoms with Gasteiger partial charge >= 0.3 is 0 Å². The Kier molecular flexibility index (Phi) is 5.71.